The molecule has 0 bridgehead atoms. The number of benzene rings is 1. The van der Waals surface area contributed by atoms with Gasteiger partial charge in [0.05, 0.1) is 21.9 Å². The molecule has 0 aliphatic heterocycles. The van der Waals surface area contributed by atoms with E-state index in [1.165, 1.54) is 8.45 Å². The highest BCUT2D eigenvalue weighted by Gasteiger charge is 2.18. The monoisotopic (exact) mass is 516 g/mol. The van der Waals surface area contributed by atoms with Crippen molar-refractivity contribution in [3.05, 3.63) is 42.1 Å². The van der Waals surface area contributed by atoms with Gasteiger partial charge in [-0.05, 0) is 57.3 Å². The van der Waals surface area contributed by atoms with Gasteiger partial charge in [-0.25, -0.2) is 0 Å². The van der Waals surface area contributed by atoms with E-state index in [0.717, 1.165) is 21.5 Å². The highest BCUT2D eigenvalue weighted by atomic mass is 127. The summed E-state index contributed by atoms with van der Waals surface area (Å²) in [4.78, 5) is 0.126. The van der Waals surface area contributed by atoms with E-state index in [2.05, 4.69) is 65.9 Å². The number of hydrogen-bond donors (Lipinski definition) is 0. The van der Waals surface area contributed by atoms with Crippen LogP contribution in [0.2, 0.25) is 0 Å². The molecule has 0 N–H and O–H groups in total. The molecule has 19 heavy (non-hydrogen) atoms. The minimum atomic E-state index is 0.126. The van der Waals surface area contributed by atoms with Crippen LogP contribution in [0.4, 0.5) is 0 Å². The highest BCUT2D eigenvalue weighted by Crippen LogP contribution is 2.42. The standard InChI is InChI=1S/C13H11Br2IO2S/c1-17-10-4-8(9(14)5-11(10)18-2)13(15)7-3-12(16)19-6-7/h3-6,13H,1-2H3. The van der Waals surface area contributed by atoms with E-state index >= 15 is 0 Å². The molecule has 2 aromatic rings. The molecule has 1 aromatic heterocycles. The maximum absolute atomic E-state index is 5.36. The molecular formula is C13H11Br2IO2S. The molecular weight excluding hydrogens is 507 g/mol. The van der Waals surface area contributed by atoms with Crippen molar-refractivity contribution >= 4 is 65.8 Å². The van der Waals surface area contributed by atoms with Gasteiger partial charge in [0.15, 0.2) is 11.5 Å². The first kappa shape index (κ1) is 15.6. The fraction of sp³-hybridized carbons (Fsp3) is 0.231. The molecule has 1 atom stereocenters. The molecule has 0 spiro atoms. The molecule has 2 rings (SSSR count). The number of ether oxygens (including phenoxy) is 2. The van der Waals surface area contributed by atoms with Crippen molar-refractivity contribution in [1.29, 1.82) is 0 Å². The largest absolute Gasteiger partial charge is 0.493 e. The van der Waals surface area contributed by atoms with E-state index in [0.29, 0.717) is 0 Å². The highest BCUT2D eigenvalue weighted by molar-refractivity contribution is 14.1. The number of thiophene rings is 1. The summed E-state index contributed by atoms with van der Waals surface area (Å²) in [6, 6.07) is 6.10. The zero-order chi connectivity index (χ0) is 14.0. The van der Waals surface area contributed by atoms with E-state index in [1.807, 2.05) is 12.1 Å². The van der Waals surface area contributed by atoms with Crippen LogP contribution in [0, 0.1) is 2.88 Å². The van der Waals surface area contributed by atoms with Crippen LogP contribution in [0.3, 0.4) is 0 Å². The van der Waals surface area contributed by atoms with Gasteiger partial charge in [-0.2, -0.15) is 0 Å². The summed E-state index contributed by atoms with van der Waals surface area (Å²) in [5.41, 5.74) is 2.36. The average Bonchev–Trinajstić information content (AvgIpc) is 2.84. The molecule has 0 saturated carbocycles. The molecule has 1 unspecified atom stereocenters. The van der Waals surface area contributed by atoms with Crippen LogP contribution >= 0.6 is 65.8 Å². The van der Waals surface area contributed by atoms with Crippen LogP contribution < -0.4 is 9.47 Å². The SMILES string of the molecule is COc1cc(Br)c(C(Br)c2csc(I)c2)cc1OC. The summed E-state index contributed by atoms with van der Waals surface area (Å²) in [5.74, 6) is 1.45. The Labute approximate surface area is 146 Å². The van der Waals surface area contributed by atoms with E-state index in [4.69, 9.17) is 9.47 Å². The second-order valence-electron chi connectivity index (χ2n) is 3.78. The molecule has 0 aliphatic carbocycles. The maximum atomic E-state index is 5.36. The van der Waals surface area contributed by atoms with Gasteiger partial charge in [0.25, 0.3) is 0 Å². The summed E-state index contributed by atoms with van der Waals surface area (Å²) in [7, 11) is 3.28. The first-order chi connectivity index (χ1) is 9.06. The summed E-state index contributed by atoms with van der Waals surface area (Å²) < 4.78 is 12.9. The lowest BCUT2D eigenvalue weighted by atomic mass is 10.1. The third kappa shape index (κ3) is 3.46. The Bertz CT molecular complexity index is 586. The Hall–Kier alpha value is 0.210. The lowest BCUT2D eigenvalue weighted by molar-refractivity contribution is 0.354. The Morgan fingerprint density at radius 2 is 1.79 bits per heavy atom. The van der Waals surface area contributed by atoms with Crippen molar-refractivity contribution in [1.82, 2.24) is 0 Å². The average molecular weight is 518 g/mol. The minimum Gasteiger partial charge on any atom is -0.493 e. The van der Waals surface area contributed by atoms with Crippen molar-refractivity contribution in [3.63, 3.8) is 0 Å². The Morgan fingerprint density at radius 3 is 2.32 bits per heavy atom. The zero-order valence-electron chi connectivity index (χ0n) is 10.2. The molecule has 0 amide bonds. The van der Waals surface area contributed by atoms with Gasteiger partial charge in [0.1, 0.15) is 0 Å². The maximum Gasteiger partial charge on any atom is 0.161 e. The predicted octanol–water partition coefficient (Wildman–Crippen LogP) is 5.62. The summed E-state index contributed by atoms with van der Waals surface area (Å²) in [6.45, 7) is 0. The number of halogens is 3. The van der Waals surface area contributed by atoms with Gasteiger partial charge < -0.3 is 9.47 Å². The third-order valence-corrected chi connectivity index (χ3v) is 6.17. The Balaban J connectivity index is 2.44. The van der Waals surface area contributed by atoms with Crippen LogP contribution in [0.25, 0.3) is 0 Å². The van der Waals surface area contributed by atoms with Gasteiger partial charge in [0, 0.05) is 4.47 Å². The molecule has 0 saturated heterocycles. The second-order valence-corrected chi connectivity index (χ2v) is 8.35. The second kappa shape index (κ2) is 6.78. The molecule has 1 aromatic carbocycles. The normalized spacial score (nSPS) is 12.3. The van der Waals surface area contributed by atoms with Gasteiger partial charge >= 0.3 is 0 Å². The van der Waals surface area contributed by atoms with Gasteiger partial charge in [-0.15, -0.1) is 11.3 Å². The van der Waals surface area contributed by atoms with Crippen LogP contribution in [-0.2, 0) is 0 Å². The lowest BCUT2D eigenvalue weighted by Gasteiger charge is -2.15. The van der Waals surface area contributed by atoms with Crippen molar-refractivity contribution in [3.8, 4) is 11.5 Å². The first-order valence-electron chi connectivity index (χ1n) is 5.36. The predicted molar refractivity (Wildman–Crippen MR) is 95.1 cm³/mol. The van der Waals surface area contributed by atoms with E-state index in [-0.39, 0.29) is 4.83 Å². The van der Waals surface area contributed by atoms with Crippen molar-refractivity contribution in [2.24, 2.45) is 0 Å². The Morgan fingerprint density at radius 1 is 1.16 bits per heavy atom. The molecule has 102 valence electrons. The fourth-order valence-electron chi connectivity index (χ4n) is 1.70. The number of methoxy groups -OCH3 is 2. The zero-order valence-corrected chi connectivity index (χ0v) is 16.4. The van der Waals surface area contributed by atoms with Crippen LogP contribution in [0.1, 0.15) is 16.0 Å². The van der Waals surface area contributed by atoms with Gasteiger partial charge in [0.2, 0.25) is 0 Å². The molecule has 1 heterocycles. The topological polar surface area (TPSA) is 18.5 Å². The lowest BCUT2D eigenvalue weighted by Crippen LogP contribution is -1.97. The third-order valence-electron chi connectivity index (χ3n) is 2.66. The smallest absolute Gasteiger partial charge is 0.161 e. The van der Waals surface area contributed by atoms with E-state index < -0.39 is 0 Å². The van der Waals surface area contributed by atoms with Crippen molar-refractivity contribution in [2.45, 2.75) is 4.83 Å². The fourth-order valence-corrected chi connectivity index (χ4v) is 4.77. The van der Waals surface area contributed by atoms with Crippen molar-refractivity contribution in [2.75, 3.05) is 14.2 Å². The first-order valence-corrected chi connectivity index (χ1v) is 9.03. The number of hydrogen-bond acceptors (Lipinski definition) is 3. The molecule has 6 heteroatoms. The van der Waals surface area contributed by atoms with Crippen molar-refractivity contribution < 1.29 is 9.47 Å². The Kier molecular flexibility index (Phi) is 5.56. The van der Waals surface area contributed by atoms with Crippen LogP contribution in [-0.4, -0.2) is 14.2 Å². The molecule has 0 fully saturated rings. The minimum absolute atomic E-state index is 0.126. The van der Waals surface area contributed by atoms with Gasteiger partial charge in [-0.3, -0.25) is 0 Å². The summed E-state index contributed by atoms with van der Waals surface area (Å²) in [5, 5.41) is 2.16. The summed E-state index contributed by atoms with van der Waals surface area (Å²) in [6.07, 6.45) is 0. The summed E-state index contributed by atoms with van der Waals surface area (Å²) >= 11 is 11.4. The molecule has 2 nitrogen and oxygen atoms in total. The van der Waals surface area contributed by atoms with Gasteiger partial charge in [-0.1, -0.05) is 31.9 Å². The number of alkyl halides is 1. The quantitative estimate of drug-likeness (QED) is 0.387. The molecule has 0 radical (unpaired) electrons. The van der Waals surface area contributed by atoms with E-state index in [9.17, 15) is 0 Å². The molecule has 0 aliphatic rings. The van der Waals surface area contributed by atoms with Crippen LogP contribution in [0.5, 0.6) is 11.5 Å². The van der Waals surface area contributed by atoms with Crippen LogP contribution in [0.15, 0.2) is 28.1 Å². The van der Waals surface area contributed by atoms with E-state index in [1.54, 1.807) is 25.6 Å². The number of rotatable bonds is 4.